The van der Waals surface area contributed by atoms with Gasteiger partial charge in [-0.3, -0.25) is 4.79 Å². The van der Waals surface area contributed by atoms with Crippen LogP contribution in [0.25, 0.3) is 0 Å². The normalized spacial score (nSPS) is 22.0. The van der Waals surface area contributed by atoms with E-state index in [1.165, 1.54) is 0 Å². The average Bonchev–Trinajstić information content (AvgIpc) is 2.51. The van der Waals surface area contributed by atoms with E-state index in [-0.39, 0.29) is 35.7 Å². The van der Waals surface area contributed by atoms with Gasteiger partial charge in [-0.25, -0.2) is 0 Å². The molecule has 0 spiro atoms. The minimum absolute atomic E-state index is 0.0973. The monoisotopic (exact) mass is 311 g/mol. The van der Waals surface area contributed by atoms with Gasteiger partial charge >= 0.3 is 7.12 Å². The van der Waals surface area contributed by atoms with E-state index in [4.69, 9.17) is 9.31 Å². The van der Waals surface area contributed by atoms with Gasteiger partial charge in [0, 0.05) is 11.5 Å². The first-order chi connectivity index (χ1) is 9.76. The maximum Gasteiger partial charge on any atom is 0.457 e. The Labute approximate surface area is 136 Å². The predicted molar refractivity (Wildman–Crippen MR) is 91.7 cm³/mol. The van der Waals surface area contributed by atoms with E-state index in [0.717, 1.165) is 12.7 Å². The molecule has 0 bridgehead atoms. The van der Waals surface area contributed by atoms with Gasteiger partial charge in [0.25, 0.3) is 0 Å². The third kappa shape index (κ3) is 4.72. The zero-order chi connectivity index (χ0) is 17.3. The fourth-order valence-electron chi connectivity index (χ4n) is 2.36. The summed E-state index contributed by atoms with van der Waals surface area (Å²) >= 11 is 0. The van der Waals surface area contributed by atoms with E-state index in [9.17, 15) is 4.79 Å². The van der Waals surface area contributed by atoms with Crippen molar-refractivity contribution >= 4 is 13.0 Å². The largest absolute Gasteiger partial charge is 0.457 e. The molecule has 1 aliphatic rings. The summed E-state index contributed by atoms with van der Waals surface area (Å²) in [5.41, 5.74) is -0.948. The summed E-state index contributed by atoms with van der Waals surface area (Å²) in [6.07, 6.45) is 1.65. The topological polar surface area (TPSA) is 47.6 Å². The third-order valence-electron chi connectivity index (χ3n) is 4.82. The summed E-state index contributed by atoms with van der Waals surface area (Å²) in [7, 11) is -0.196. The zero-order valence-corrected chi connectivity index (χ0v) is 15.9. The number of amides is 1. The van der Waals surface area contributed by atoms with Crippen LogP contribution in [0.2, 0.25) is 6.32 Å². The molecule has 1 N–H and O–H groups in total. The molecule has 0 aromatic heterocycles. The molecule has 1 amide bonds. The molecule has 1 atom stereocenters. The van der Waals surface area contributed by atoms with Gasteiger partial charge < -0.3 is 14.6 Å². The molecule has 0 aromatic rings. The molecule has 1 unspecified atom stereocenters. The Bertz CT molecular complexity index is 383. The van der Waals surface area contributed by atoms with Gasteiger partial charge in [-0.1, -0.05) is 34.6 Å². The van der Waals surface area contributed by atoms with Crippen molar-refractivity contribution < 1.29 is 14.1 Å². The van der Waals surface area contributed by atoms with Gasteiger partial charge in [0.1, 0.15) is 0 Å². The van der Waals surface area contributed by atoms with Gasteiger partial charge in [-0.2, -0.15) is 0 Å². The lowest BCUT2D eigenvalue weighted by atomic mass is 9.79. The number of hydrogen-bond acceptors (Lipinski definition) is 3. The van der Waals surface area contributed by atoms with E-state index in [2.05, 4.69) is 46.9 Å². The Morgan fingerprint density at radius 1 is 1.09 bits per heavy atom. The van der Waals surface area contributed by atoms with Crippen LogP contribution >= 0.6 is 0 Å². The second-order valence-electron chi connectivity index (χ2n) is 8.84. The van der Waals surface area contributed by atoms with Crippen molar-refractivity contribution in [3.05, 3.63) is 0 Å². The SMILES string of the molecule is CC(C)C(CCB1OC(C)(C)C(C)(C)O1)NC(=O)C(C)(C)C. The average molecular weight is 311 g/mol. The van der Waals surface area contributed by atoms with Crippen molar-refractivity contribution in [2.45, 2.75) is 92.3 Å². The van der Waals surface area contributed by atoms with Crippen LogP contribution in [0, 0.1) is 11.3 Å². The Morgan fingerprint density at radius 3 is 1.91 bits per heavy atom. The fourth-order valence-corrected chi connectivity index (χ4v) is 2.36. The van der Waals surface area contributed by atoms with Crippen LogP contribution in [0.3, 0.4) is 0 Å². The molecule has 0 saturated carbocycles. The van der Waals surface area contributed by atoms with Crippen LogP contribution in [0.15, 0.2) is 0 Å². The van der Waals surface area contributed by atoms with Crippen molar-refractivity contribution in [2.24, 2.45) is 11.3 Å². The first-order valence-electron chi connectivity index (χ1n) is 8.43. The molecule has 1 fully saturated rings. The van der Waals surface area contributed by atoms with Crippen molar-refractivity contribution in [3.8, 4) is 0 Å². The van der Waals surface area contributed by atoms with Crippen LogP contribution in [0.1, 0.15) is 68.7 Å². The lowest BCUT2D eigenvalue weighted by molar-refractivity contribution is -0.129. The van der Waals surface area contributed by atoms with E-state index < -0.39 is 0 Å². The Balaban J connectivity index is 2.58. The summed E-state index contributed by atoms with van der Waals surface area (Å²) in [5, 5.41) is 3.17. The fraction of sp³-hybridized carbons (Fsp3) is 0.941. The first kappa shape index (κ1) is 19.5. The van der Waals surface area contributed by atoms with Crippen molar-refractivity contribution in [2.75, 3.05) is 0 Å². The van der Waals surface area contributed by atoms with Gasteiger partial charge in [-0.05, 0) is 46.4 Å². The third-order valence-corrected chi connectivity index (χ3v) is 4.82. The Hall–Kier alpha value is -0.545. The van der Waals surface area contributed by atoms with Crippen LogP contribution in [0.4, 0.5) is 0 Å². The van der Waals surface area contributed by atoms with Gasteiger partial charge in [0.2, 0.25) is 5.91 Å². The second-order valence-corrected chi connectivity index (χ2v) is 8.84. The molecule has 1 saturated heterocycles. The highest BCUT2D eigenvalue weighted by Crippen LogP contribution is 2.38. The van der Waals surface area contributed by atoms with E-state index >= 15 is 0 Å². The minimum Gasteiger partial charge on any atom is -0.403 e. The quantitative estimate of drug-likeness (QED) is 0.788. The summed E-state index contributed by atoms with van der Waals surface area (Å²) < 4.78 is 12.1. The molecule has 128 valence electrons. The predicted octanol–water partition coefficient (Wildman–Crippen LogP) is 3.66. The van der Waals surface area contributed by atoms with Crippen LogP contribution in [-0.2, 0) is 14.1 Å². The smallest absolute Gasteiger partial charge is 0.403 e. The van der Waals surface area contributed by atoms with E-state index in [1.807, 2.05) is 20.8 Å². The summed E-state index contributed by atoms with van der Waals surface area (Å²) in [5.74, 6) is 0.480. The Kier molecular flexibility index (Phi) is 5.78. The molecule has 4 nitrogen and oxygen atoms in total. The Morgan fingerprint density at radius 2 is 1.55 bits per heavy atom. The molecule has 1 heterocycles. The van der Waals surface area contributed by atoms with Gasteiger partial charge in [0.15, 0.2) is 0 Å². The van der Waals surface area contributed by atoms with Gasteiger partial charge in [-0.15, -0.1) is 0 Å². The molecule has 0 radical (unpaired) electrons. The number of hydrogen-bond donors (Lipinski definition) is 1. The standard InChI is InChI=1S/C17H34BNO3/c1-12(2)13(19-14(20)15(3,4)5)10-11-18-21-16(6,7)17(8,9)22-18/h12-13H,10-11H2,1-9H3,(H,19,20). The molecule has 1 aliphatic heterocycles. The number of carbonyl (C=O) groups excluding carboxylic acids is 1. The maximum atomic E-state index is 12.2. The summed E-state index contributed by atoms with van der Waals surface area (Å²) in [6, 6.07) is 0.144. The molecule has 5 heteroatoms. The first-order valence-corrected chi connectivity index (χ1v) is 8.43. The molecule has 1 rings (SSSR count). The number of nitrogens with one attached hydrogen (secondary N) is 1. The number of carbonyl (C=O) groups is 1. The van der Waals surface area contributed by atoms with Crippen LogP contribution in [-0.4, -0.2) is 30.3 Å². The van der Waals surface area contributed by atoms with Crippen molar-refractivity contribution in [3.63, 3.8) is 0 Å². The maximum absolute atomic E-state index is 12.2. The minimum atomic E-state index is -0.364. The zero-order valence-electron chi connectivity index (χ0n) is 15.9. The lowest BCUT2D eigenvalue weighted by Crippen LogP contribution is -2.44. The molecule has 0 aromatic carbocycles. The highest BCUT2D eigenvalue weighted by Gasteiger charge is 2.50. The van der Waals surface area contributed by atoms with Crippen LogP contribution < -0.4 is 5.32 Å². The molecular weight excluding hydrogens is 277 g/mol. The van der Waals surface area contributed by atoms with Crippen LogP contribution in [0.5, 0.6) is 0 Å². The molecule has 0 aliphatic carbocycles. The van der Waals surface area contributed by atoms with Crippen molar-refractivity contribution in [1.29, 1.82) is 0 Å². The van der Waals surface area contributed by atoms with E-state index in [0.29, 0.717) is 5.92 Å². The highest BCUT2D eigenvalue weighted by molar-refractivity contribution is 6.45. The van der Waals surface area contributed by atoms with Crippen molar-refractivity contribution in [1.82, 2.24) is 5.32 Å². The summed E-state index contributed by atoms with van der Waals surface area (Å²) in [6.45, 7) is 18.3. The highest BCUT2D eigenvalue weighted by atomic mass is 16.7. The second kappa shape index (κ2) is 6.52. The number of rotatable bonds is 5. The van der Waals surface area contributed by atoms with Gasteiger partial charge in [0.05, 0.1) is 11.2 Å². The molecular formula is C17H34BNO3. The van der Waals surface area contributed by atoms with E-state index in [1.54, 1.807) is 0 Å². The lowest BCUT2D eigenvalue weighted by Gasteiger charge is -2.32. The molecule has 22 heavy (non-hydrogen) atoms. The summed E-state index contributed by atoms with van der Waals surface area (Å²) in [4.78, 5) is 12.2.